The second kappa shape index (κ2) is 13.7. The molecule has 0 aromatic heterocycles. The second-order valence-electron chi connectivity index (χ2n) is 9.04. The minimum Gasteiger partial charge on any atom is -0.480 e. The van der Waals surface area contributed by atoms with Crippen LogP contribution >= 0.6 is 7.82 Å². The summed E-state index contributed by atoms with van der Waals surface area (Å²) < 4.78 is 15.5. The first-order valence-electron chi connectivity index (χ1n) is 12.3. The predicted molar refractivity (Wildman–Crippen MR) is 145 cm³/mol. The summed E-state index contributed by atoms with van der Waals surface area (Å²) in [5.74, 6) is -3.11. The molecular weight excluding hydrogens is 541 g/mol. The van der Waals surface area contributed by atoms with E-state index in [4.69, 9.17) is 9.79 Å². The number of nitrogens with one attached hydrogen (secondary N) is 3. The number of aliphatic carboxylic acids is 1. The molecular formula is C27H30N3O9P. The second-order valence-corrected chi connectivity index (χ2v) is 10.2. The zero-order valence-corrected chi connectivity index (χ0v) is 22.5. The summed E-state index contributed by atoms with van der Waals surface area (Å²) in [6.45, 7) is 1.46. The molecule has 12 nitrogen and oxygen atoms in total. The lowest BCUT2D eigenvalue weighted by atomic mass is 10.0. The Kier molecular flexibility index (Phi) is 10.4. The van der Waals surface area contributed by atoms with E-state index >= 15 is 0 Å². The number of carboxylic acid groups (broad SMARTS) is 1. The molecule has 6 N–H and O–H groups in total. The number of rotatable bonds is 13. The Morgan fingerprint density at radius 2 is 1.57 bits per heavy atom. The largest absolute Gasteiger partial charge is 0.524 e. The van der Waals surface area contributed by atoms with E-state index in [-0.39, 0.29) is 37.5 Å². The van der Waals surface area contributed by atoms with Crippen LogP contribution in [0.25, 0.3) is 10.8 Å². The van der Waals surface area contributed by atoms with Crippen LogP contribution in [0.3, 0.4) is 0 Å². The van der Waals surface area contributed by atoms with Gasteiger partial charge < -0.3 is 25.6 Å². The third kappa shape index (κ3) is 9.49. The van der Waals surface area contributed by atoms with E-state index < -0.39 is 37.7 Å². The smallest absolute Gasteiger partial charge is 0.480 e. The quantitative estimate of drug-likeness (QED) is 0.167. The van der Waals surface area contributed by atoms with Gasteiger partial charge in [-0.3, -0.25) is 24.2 Å². The maximum atomic E-state index is 12.9. The Morgan fingerprint density at radius 3 is 2.23 bits per heavy atom. The first-order chi connectivity index (χ1) is 18.9. The van der Waals surface area contributed by atoms with Gasteiger partial charge in [0.2, 0.25) is 17.7 Å². The van der Waals surface area contributed by atoms with Crippen molar-refractivity contribution in [2.24, 2.45) is 0 Å². The van der Waals surface area contributed by atoms with Crippen LogP contribution in [0.15, 0.2) is 66.7 Å². The number of carbonyl (C=O) groups excluding carboxylic acids is 3. The van der Waals surface area contributed by atoms with Crippen LogP contribution in [-0.2, 0) is 36.7 Å². The highest BCUT2D eigenvalue weighted by Crippen LogP contribution is 2.37. The number of benzene rings is 3. The molecule has 3 aromatic rings. The van der Waals surface area contributed by atoms with E-state index in [0.717, 1.165) is 16.3 Å². The van der Waals surface area contributed by atoms with Crippen LogP contribution in [0.4, 0.5) is 0 Å². The Labute approximate surface area is 230 Å². The van der Waals surface area contributed by atoms with Crippen LogP contribution in [0.1, 0.15) is 30.9 Å². The minimum atomic E-state index is -4.74. The molecule has 3 amide bonds. The summed E-state index contributed by atoms with van der Waals surface area (Å²) in [6.07, 6.45) is -0.378. The van der Waals surface area contributed by atoms with Crippen LogP contribution in [0.2, 0.25) is 0 Å². The standard InChI is InChI=1S/C27H30N3O9P/c1-17(31)29-24(15-18-9-11-21(12-10-18)39-40(36,37)38)26(33)30-23(27(34)35)13-14-25(32)28-16-20-7-4-6-19-5-2-3-8-22(19)20/h2-12,23-24H,13-16H2,1H3,(H,28,32)(H,29,31)(H,30,33)(H,34,35)(H2,36,37,38). The van der Waals surface area contributed by atoms with Gasteiger partial charge >= 0.3 is 13.8 Å². The first-order valence-corrected chi connectivity index (χ1v) is 13.8. The van der Waals surface area contributed by atoms with E-state index in [1.54, 1.807) is 0 Å². The Balaban J connectivity index is 1.58. The van der Waals surface area contributed by atoms with Gasteiger partial charge in [-0.1, -0.05) is 54.6 Å². The summed E-state index contributed by atoms with van der Waals surface area (Å²) in [7, 11) is -4.74. The number of carbonyl (C=O) groups is 4. The van der Waals surface area contributed by atoms with Gasteiger partial charge in [0.15, 0.2) is 0 Å². The molecule has 0 fully saturated rings. The molecule has 40 heavy (non-hydrogen) atoms. The first kappa shape index (κ1) is 30.3. The topological polar surface area (TPSA) is 191 Å². The van der Waals surface area contributed by atoms with E-state index in [0.29, 0.717) is 5.56 Å². The third-order valence-electron chi connectivity index (χ3n) is 5.91. The van der Waals surface area contributed by atoms with E-state index in [1.165, 1.54) is 31.2 Å². The van der Waals surface area contributed by atoms with Crippen molar-refractivity contribution in [3.8, 4) is 5.75 Å². The number of hydrogen-bond acceptors (Lipinski definition) is 6. The maximum Gasteiger partial charge on any atom is 0.524 e. The average molecular weight is 572 g/mol. The van der Waals surface area contributed by atoms with Gasteiger partial charge in [0.25, 0.3) is 0 Å². The van der Waals surface area contributed by atoms with E-state index in [2.05, 4.69) is 20.5 Å². The molecule has 13 heteroatoms. The Bertz CT molecular complexity index is 1420. The number of phosphoric acid groups is 1. The van der Waals surface area contributed by atoms with Crippen molar-refractivity contribution in [1.29, 1.82) is 0 Å². The Hall–Kier alpha value is -4.25. The Morgan fingerprint density at radius 1 is 0.900 bits per heavy atom. The van der Waals surface area contributed by atoms with Gasteiger partial charge in [-0.05, 0) is 40.5 Å². The molecule has 212 valence electrons. The van der Waals surface area contributed by atoms with Crippen molar-refractivity contribution < 1.29 is 43.2 Å². The zero-order chi connectivity index (χ0) is 29.3. The molecule has 0 bridgehead atoms. The van der Waals surface area contributed by atoms with Gasteiger partial charge in [0, 0.05) is 26.3 Å². The number of carboxylic acids is 1. The van der Waals surface area contributed by atoms with Crippen LogP contribution in [0, 0.1) is 0 Å². The molecule has 0 saturated heterocycles. The van der Waals surface area contributed by atoms with Gasteiger partial charge in [-0.15, -0.1) is 0 Å². The highest BCUT2D eigenvalue weighted by molar-refractivity contribution is 7.46. The fraction of sp³-hybridized carbons (Fsp3) is 0.259. The summed E-state index contributed by atoms with van der Waals surface area (Å²) in [6, 6.07) is 16.4. The fourth-order valence-electron chi connectivity index (χ4n) is 4.05. The third-order valence-corrected chi connectivity index (χ3v) is 6.36. The molecule has 0 aliphatic rings. The van der Waals surface area contributed by atoms with Crippen molar-refractivity contribution >= 4 is 42.3 Å². The highest BCUT2D eigenvalue weighted by atomic mass is 31.2. The van der Waals surface area contributed by atoms with Gasteiger partial charge in [-0.2, -0.15) is 0 Å². The molecule has 0 aliphatic carbocycles. The van der Waals surface area contributed by atoms with E-state index in [1.807, 2.05) is 42.5 Å². The SMILES string of the molecule is CC(=O)NC(Cc1ccc(OP(=O)(O)O)cc1)C(=O)NC(CCC(=O)NCc1cccc2ccccc12)C(=O)O. The van der Waals surface area contributed by atoms with Crippen molar-refractivity contribution in [3.05, 3.63) is 77.9 Å². The monoisotopic (exact) mass is 571 g/mol. The summed E-state index contributed by atoms with van der Waals surface area (Å²) >= 11 is 0. The van der Waals surface area contributed by atoms with E-state index in [9.17, 15) is 28.8 Å². The summed E-state index contributed by atoms with van der Waals surface area (Å²) in [5.41, 5.74) is 1.42. The molecule has 3 aromatic carbocycles. The number of amides is 3. The molecule has 0 heterocycles. The molecule has 0 aliphatic heterocycles. The highest BCUT2D eigenvalue weighted by Gasteiger charge is 2.27. The minimum absolute atomic E-state index is 0.0422. The molecule has 2 unspecified atom stereocenters. The van der Waals surface area contributed by atoms with Gasteiger partial charge in [0.05, 0.1) is 0 Å². The number of phosphoric ester groups is 1. The average Bonchev–Trinajstić information content (AvgIpc) is 2.89. The predicted octanol–water partition coefficient (Wildman–Crippen LogP) is 2.02. The molecule has 3 rings (SSSR count). The normalized spacial score (nSPS) is 12.7. The lowest BCUT2D eigenvalue weighted by Crippen LogP contribution is -2.52. The van der Waals surface area contributed by atoms with Gasteiger partial charge in [-0.25, -0.2) is 9.36 Å². The lowest BCUT2D eigenvalue weighted by molar-refractivity contribution is -0.142. The molecule has 0 saturated carbocycles. The van der Waals surface area contributed by atoms with Crippen LogP contribution < -0.4 is 20.5 Å². The van der Waals surface area contributed by atoms with Crippen LogP contribution in [0.5, 0.6) is 5.75 Å². The summed E-state index contributed by atoms with van der Waals surface area (Å²) in [4.78, 5) is 66.7. The van der Waals surface area contributed by atoms with Crippen molar-refractivity contribution in [2.75, 3.05) is 0 Å². The van der Waals surface area contributed by atoms with Crippen molar-refractivity contribution in [3.63, 3.8) is 0 Å². The molecule has 0 spiro atoms. The lowest BCUT2D eigenvalue weighted by Gasteiger charge is -2.21. The van der Waals surface area contributed by atoms with Crippen molar-refractivity contribution in [1.82, 2.24) is 16.0 Å². The molecule has 2 atom stereocenters. The van der Waals surface area contributed by atoms with Gasteiger partial charge in [0.1, 0.15) is 17.8 Å². The van der Waals surface area contributed by atoms with Crippen LogP contribution in [-0.4, -0.2) is 50.7 Å². The molecule has 0 radical (unpaired) electrons. The fourth-order valence-corrected chi connectivity index (χ4v) is 4.44. The zero-order valence-electron chi connectivity index (χ0n) is 21.6. The summed E-state index contributed by atoms with van der Waals surface area (Å²) in [5, 5.41) is 19.3. The maximum absolute atomic E-state index is 12.9. The number of hydrogen-bond donors (Lipinski definition) is 6. The number of fused-ring (bicyclic) bond motifs is 1. The van der Waals surface area contributed by atoms with Crippen molar-refractivity contribution in [2.45, 2.75) is 44.8 Å².